The average molecular weight is 293 g/mol. The molecule has 1 aromatic rings. The molecule has 1 aliphatic rings. The van der Waals surface area contributed by atoms with Crippen LogP contribution < -0.4 is 10.6 Å². The third-order valence-electron chi connectivity index (χ3n) is 3.58. The van der Waals surface area contributed by atoms with Gasteiger partial charge in [-0.15, -0.1) is 0 Å². The van der Waals surface area contributed by atoms with Crippen LogP contribution >= 0.6 is 0 Å². The van der Waals surface area contributed by atoms with E-state index in [0.29, 0.717) is 5.92 Å². The first-order valence-electron chi connectivity index (χ1n) is 7.79. The molecule has 6 heteroatoms. The van der Waals surface area contributed by atoms with Crippen LogP contribution in [-0.2, 0) is 4.74 Å². The summed E-state index contributed by atoms with van der Waals surface area (Å²) in [6.07, 6.45) is 1.11. The van der Waals surface area contributed by atoms with Crippen molar-refractivity contribution in [3.05, 3.63) is 11.9 Å². The van der Waals surface area contributed by atoms with E-state index in [1.54, 1.807) is 0 Å². The molecule has 0 spiro atoms. The number of anilines is 2. The fraction of sp³-hybridized carbons (Fsp3) is 0.733. The molecular weight excluding hydrogens is 266 g/mol. The third kappa shape index (κ3) is 5.13. The maximum absolute atomic E-state index is 5.36. The predicted molar refractivity (Wildman–Crippen MR) is 86.0 cm³/mol. The monoisotopic (exact) mass is 293 g/mol. The highest BCUT2D eigenvalue weighted by Crippen LogP contribution is 2.16. The average Bonchev–Trinajstić information content (AvgIpc) is 2.52. The summed E-state index contributed by atoms with van der Waals surface area (Å²) in [4.78, 5) is 11.5. The van der Waals surface area contributed by atoms with Crippen LogP contribution in [0.5, 0.6) is 0 Å². The summed E-state index contributed by atoms with van der Waals surface area (Å²) in [5.74, 6) is 2.97. The van der Waals surface area contributed by atoms with Crippen LogP contribution in [0.15, 0.2) is 6.07 Å². The molecule has 1 fully saturated rings. The molecule has 0 unspecified atom stereocenters. The van der Waals surface area contributed by atoms with Gasteiger partial charge >= 0.3 is 0 Å². The fourth-order valence-electron chi connectivity index (χ4n) is 2.29. The summed E-state index contributed by atoms with van der Waals surface area (Å²) in [5.41, 5.74) is 0. The highest BCUT2D eigenvalue weighted by molar-refractivity contribution is 5.47. The van der Waals surface area contributed by atoms with E-state index in [4.69, 9.17) is 4.74 Å². The molecule has 0 aliphatic carbocycles. The number of hydrogen-bond acceptors (Lipinski definition) is 6. The van der Waals surface area contributed by atoms with Gasteiger partial charge in [0.2, 0.25) is 0 Å². The van der Waals surface area contributed by atoms with E-state index < -0.39 is 0 Å². The van der Waals surface area contributed by atoms with E-state index in [1.807, 2.05) is 13.1 Å². The summed E-state index contributed by atoms with van der Waals surface area (Å²) >= 11 is 0. The molecule has 0 atom stereocenters. The normalized spacial score (nSPS) is 16.2. The first-order chi connectivity index (χ1) is 10.2. The Morgan fingerprint density at radius 1 is 1.24 bits per heavy atom. The van der Waals surface area contributed by atoms with Crippen LogP contribution in [0.1, 0.15) is 32.0 Å². The van der Waals surface area contributed by atoms with Gasteiger partial charge in [0.25, 0.3) is 0 Å². The van der Waals surface area contributed by atoms with Crippen molar-refractivity contribution in [1.82, 2.24) is 14.9 Å². The van der Waals surface area contributed by atoms with Crippen LogP contribution in [-0.4, -0.2) is 61.3 Å². The van der Waals surface area contributed by atoms with E-state index in [0.717, 1.165) is 63.3 Å². The SMILES string of the molecule is CNc1cc(NCCCN2CCOCC2)nc(C(C)C)n1. The quantitative estimate of drug-likeness (QED) is 0.747. The molecular formula is C15H27N5O. The number of aromatic nitrogens is 2. The Morgan fingerprint density at radius 2 is 1.95 bits per heavy atom. The number of nitrogens with one attached hydrogen (secondary N) is 2. The predicted octanol–water partition coefficient (Wildman–Crippen LogP) is 1.78. The second kappa shape index (κ2) is 8.14. The Balaban J connectivity index is 1.80. The lowest BCUT2D eigenvalue weighted by Crippen LogP contribution is -2.37. The zero-order valence-electron chi connectivity index (χ0n) is 13.4. The molecule has 0 amide bonds. The first-order valence-corrected chi connectivity index (χ1v) is 7.79. The second-order valence-electron chi connectivity index (χ2n) is 5.64. The van der Waals surface area contributed by atoms with Crippen LogP contribution in [0.4, 0.5) is 11.6 Å². The summed E-state index contributed by atoms with van der Waals surface area (Å²) in [5, 5.41) is 6.50. The van der Waals surface area contributed by atoms with E-state index in [2.05, 4.69) is 39.3 Å². The Kier molecular flexibility index (Phi) is 6.20. The largest absolute Gasteiger partial charge is 0.379 e. The molecule has 0 saturated carbocycles. The number of ether oxygens (including phenoxy) is 1. The van der Waals surface area contributed by atoms with Gasteiger partial charge in [0, 0.05) is 38.7 Å². The van der Waals surface area contributed by atoms with Crippen molar-refractivity contribution >= 4 is 11.6 Å². The Labute approximate surface area is 127 Å². The van der Waals surface area contributed by atoms with Crippen LogP contribution in [0.2, 0.25) is 0 Å². The van der Waals surface area contributed by atoms with Gasteiger partial charge in [-0.1, -0.05) is 13.8 Å². The molecule has 6 nitrogen and oxygen atoms in total. The lowest BCUT2D eigenvalue weighted by Gasteiger charge is -2.26. The third-order valence-corrected chi connectivity index (χ3v) is 3.58. The van der Waals surface area contributed by atoms with Crippen molar-refractivity contribution in [2.24, 2.45) is 0 Å². The smallest absolute Gasteiger partial charge is 0.135 e. The van der Waals surface area contributed by atoms with Crippen molar-refractivity contribution in [3.8, 4) is 0 Å². The van der Waals surface area contributed by atoms with Crippen molar-refractivity contribution in [3.63, 3.8) is 0 Å². The molecule has 0 bridgehead atoms. The standard InChI is InChI=1S/C15H27N5O/c1-12(2)15-18-13(16-3)11-14(19-15)17-5-4-6-20-7-9-21-10-8-20/h11-12H,4-10H2,1-3H3,(H2,16,17,18,19). The minimum atomic E-state index is 0.326. The Bertz CT molecular complexity index is 432. The Morgan fingerprint density at radius 3 is 2.62 bits per heavy atom. The van der Waals surface area contributed by atoms with E-state index >= 15 is 0 Å². The number of rotatable bonds is 7. The molecule has 0 aromatic carbocycles. The van der Waals surface area contributed by atoms with Gasteiger partial charge in [-0.3, -0.25) is 4.90 Å². The number of hydrogen-bond donors (Lipinski definition) is 2. The second-order valence-corrected chi connectivity index (χ2v) is 5.64. The molecule has 2 heterocycles. The summed E-state index contributed by atoms with van der Waals surface area (Å²) in [7, 11) is 1.88. The molecule has 1 saturated heterocycles. The molecule has 1 aromatic heterocycles. The number of morpholine rings is 1. The zero-order chi connectivity index (χ0) is 15.1. The van der Waals surface area contributed by atoms with Gasteiger partial charge < -0.3 is 15.4 Å². The van der Waals surface area contributed by atoms with Gasteiger partial charge in [-0.05, 0) is 13.0 Å². The van der Waals surface area contributed by atoms with Gasteiger partial charge in [0.15, 0.2) is 0 Å². The first kappa shape index (κ1) is 16.0. The molecule has 1 aliphatic heterocycles. The van der Waals surface area contributed by atoms with Crippen molar-refractivity contribution in [1.29, 1.82) is 0 Å². The molecule has 2 rings (SSSR count). The summed E-state index contributed by atoms with van der Waals surface area (Å²) in [6, 6.07) is 1.96. The van der Waals surface area contributed by atoms with Gasteiger partial charge in [-0.2, -0.15) is 0 Å². The summed E-state index contributed by atoms with van der Waals surface area (Å²) < 4.78 is 5.36. The molecule has 2 N–H and O–H groups in total. The molecule has 0 radical (unpaired) electrons. The highest BCUT2D eigenvalue weighted by atomic mass is 16.5. The Hall–Kier alpha value is -1.40. The lowest BCUT2D eigenvalue weighted by atomic mass is 10.2. The fourth-order valence-corrected chi connectivity index (χ4v) is 2.29. The maximum Gasteiger partial charge on any atom is 0.135 e. The molecule has 118 valence electrons. The molecule has 21 heavy (non-hydrogen) atoms. The summed E-state index contributed by atoms with van der Waals surface area (Å²) in [6.45, 7) is 10.1. The minimum Gasteiger partial charge on any atom is -0.379 e. The highest BCUT2D eigenvalue weighted by Gasteiger charge is 2.10. The van der Waals surface area contributed by atoms with Gasteiger partial charge in [0.05, 0.1) is 13.2 Å². The van der Waals surface area contributed by atoms with Crippen molar-refractivity contribution in [2.75, 3.05) is 57.1 Å². The zero-order valence-corrected chi connectivity index (χ0v) is 13.4. The van der Waals surface area contributed by atoms with Crippen molar-refractivity contribution < 1.29 is 4.74 Å². The van der Waals surface area contributed by atoms with Crippen LogP contribution in [0.25, 0.3) is 0 Å². The van der Waals surface area contributed by atoms with Crippen LogP contribution in [0.3, 0.4) is 0 Å². The number of nitrogens with zero attached hydrogens (tertiary/aromatic N) is 3. The van der Waals surface area contributed by atoms with Crippen LogP contribution in [0, 0.1) is 0 Å². The van der Waals surface area contributed by atoms with E-state index in [9.17, 15) is 0 Å². The maximum atomic E-state index is 5.36. The van der Waals surface area contributed by atoms with E-state index in [1.165, 1.54) is 0 Å². The lowest BCUT2D eigenvalue weighted by molar-refractivity contribution is 0.0378. The minimum absolute atomic E-state index is 0.326. The van der Waals surface area contributed by atoms with Crippen molar-refractivity contribution in [2.45, 2.75) is 26.2 Å². The van der Waals surface area contributed by atoms with Gasteiger partial charge in [-0.25, -0.2) is 9.97 Å². The van der Waals surface area contributed by atoms with Gasteiger partial charge in [0.1, 0.15) is 17.5 Å². The topological polar surface area (TPSA) is 62.3 Å². The van der Waals surface area contributed by atoms with E-state index in [-0.39, 0.29) is 0 Å².